The Labute approximate surface area is 91.1 Å². The number of aromatic nitrogens is 2. The van der Waals surface area contributed by atoms with Crippen molar-refractivity contribution in [1.82, 2.24) is 15.3 Å². The first-order valence-corrected chi connectivity index (χ1v) is 5.31. The van der Waals surface area contributed by atoms with Gasteiger partial charge in [0.05, 0.1) is 7.11 Å². The second kappa shape index (κ2) is 6.35. The zero-order chi connectivity index (χ0) is 11.1. The molecule has 0 aliphatic rings. The van der Waals surface area contributed by atoms with Gasteiger partial charge in [0.25, 0.3) is 0 Å². The van der Waals surface area contributed by atoms with E-state index >= 15 is 0 Å². The van der Waals surface area contributed by atoms with Gasteiger partial charge < -0.3 is 10.1 Å². The molecule has 0 atom stereocenters. The number of hydrogen-bond donors (Lipinski definition) is 1. The van der Waals surface area contributed by atoms with E-state index in [1.807, 2.05) is 0 Å². The van der Waals surface area contributed by atoms with Crippen molar-refractivity contribution in [2.24, 2.45) is 0 Å². The number of aryl methyl sites for hydroxylation is 1. The van der Waals surface area contributed by atoms with Crippen LogP contribution in [0.5, 0.6) is 5.88 Å². The molecule has 0 unspecified atom stereocenters. The molecule has 4 nitrogen and oxygen atoms in total. The lowest BCUT2D eigenvalue weighted by atomic mass is 10.2. The lowest BCUT2D eigenvalue weighted by Crippen LogP contribution is -2.24. The third-order valence-corrected chi connectivity index (χ3v) is 2.07. The van der Waals surface area contributed by atoms with Gasteiger partial charge in [0, 0.05) is 18.4 Å². The van der Waals surface area contributed by atoms with Gasteiger partial charge in [-0.25, -0.2) is 4.98 Å². The van der Waals surface area contributed by atoms with Crippen LogP contribution >= 0.6 is 0 Å². The Balaban J connectivity index is 2.36. The normalized spacial score (nSPS) is 10.7. The molecule has 0 aliphatic carbocycles. The highest BCUT2D eigenvalue weighted by Crippen LogP contribution is 2.11. The largest absolute Gasteiger partial charge is 0.480 e. The smallest absolute Gasteiger partial charge is 0.235 e. The molecule has 0 bridgehead atoms. The van der Waals surface area contributed by atoms with E-state index in [0.29, 0.717) is 11.9 Å². The molecule has 0 spiro atoms. The van der Waals surface area contributed by atoms with Crippen LogP contribution in [-0.2, 0) is 6.42 Å². The molecule has 1 aromatic heterocycles. The Kier molecular flexibility index (Phi) is 5.04. The predicted octanol–water partition coefficient (Wildman–Crippen LogP) is 1.42. The zero-order valence-electron chi connectivity index (χ0n) is 9.66. The molecule has 1 N–H and O–H groups in total. The molecule has 0 aromatic carbocycles. The maximum atomic E-state index is 5.13. The summed E-state index contributed by atoms with van der Waals surface area (Å²) in [6, 6.07) is 0.536. The van der Waals surface area contributed by atoms with Crippen molar-refractivity contribution in [3.05, 3.63) is 18.1 Å². The van der Waals surface area contributed by atoms with E-state index in [1.165, 1.54) is 0 Å². The van der Waals surface area contributed by atoms with Crippen molar-refractivity contribution < 1.29 is 4.74 Å². The number of nitrogens with one attached hydrogen (secondary N) is 1. The van der Waals surface area contributed by atoms with Gasteiger partial charge in [-0.1, -0.05) is 13.8 Å². The highest BCUT2D eigenvalue weighted by Gasteiger charge is 2.04. The molecule has 1 rings (SSSR count). The van der Waals surface area contributed by atoms with Crippen LogP contribution in [0.2, 0.25) is 0 Å². The van der Waals surface area contributed by atoms with E-state index < -0.39 is 0 Å². The standard InChI is InChI=1S/C11H19N3O/c1-9(2)12-6-4-5-10-11(15-3)14-8-7-13-10/h7-9,12H,4-6H2,1-3H3. The SMILES string of the molecule is COc1nccnc1CCCNC(C)C. The van der Waals surface area contributed by atoms with Crippen LogP contribution < -0.4 is 10.1 Å². The number of nitrogens with zero attached hydrogens (tertiary/aromatic N) is 2. The highest BCUT2D eigenvalue weighted by molar-refractivity contribution is 5.16. The van der Waals surface area contributed by atoms with Crippen LogP contribution in [0.1, 0.15) is 26.0 Å². The molecule has 4 heteroatoms. The van der Waals surface area contributed by atoms with E-state index in [1.54, 1.807) is 19.5 Å². The second-order valence-electron chi connectivity index (χ2n) is 3.72. The molecular weight excluding hydrogens is 190 g/mol. The topological polar surface area (TPSA) is 47.0 Å². The summed E-state index contributed by atoms with van der Waals surface area (Å²) in [5, 5.41) is 3.36. The lowest BCUT2D eigenvalue weighted by Gasteiger charge is -2.08. The first-order valence-electron chi connectivity index (χ1n) is 5.31. The summed E-state index contributed by atoms with van der Waals surface area (Å²) in [6.07, 6.45) is 5.30. The quantitative estimate of drug-likeness (QED) is 0.720. The fourth-order valence-corrected chi connectivity index (χ4v) is 1.34. The summed E-state index contributed by atoms with van der Waals surface area (Å²) in [5.41, 5.74) is 0.936. The van der Waals surface area contributed by atoms with E-state index in [0.717, 1.165) is 25.1 Å². The van der Waals surface area contributed by atoms with E-state index in [4.69, 9.17) is 4.74 Å². The number of hydrogen-bond acceptors (Lipinski definition) is 4. The Morgan fingerprint density at radius 2 is 2.07 bits per heavy atom. The molecule has 1 heterocycles. The molecule has 0 fully saturated rings. The van der Waals surface area contributed by atoms with Gasteiger partial charge in [0.1, 0.15) is 5.69 Å². The highest BCUT2D eigenvalue weighted by atomic mass is 16.5. The van der Waals surface area contributed by atoms with Gasteiger partial charge in [0.15, 0.2) is 0 Å². The third-order valence-electron chi connectivity index (χ3n) is 2.07. The molecule has 0 radical (unpaired) electrons. The summed E-state index contributed by atoms with van der Waals surface area (Å²) in [5.74, 6) is 0.641. The third kappa shape index (κ3) is 4.25. The van der Waals surface area contributed by atoms with E-state index in [2.05, 4.69) is 29.1 Å². The van der Waals surface area contributed by atoms with Crippen molar-refractivity contribution in [2.75, 3.05) is 13.7 Å². The molecule has 0 saturated carbocycles. The fraction of sp³-hybridized carbons (Fsp3) is 0.636. The molecule has 0 saturated heterocycles. The Bertz CT molecular complexity index is 289. The van der Waals surface area contributed by atoms with Crippen molar-refractivity contribution in [2.45, 2.75) is 32.7 Å². The molecule has 15 heavy (non-hydrogen) atoms. The van der Waals surface area contributed by atoms with Gasteiger partial charge in [-0.3, -0.25) is 4.98 Å². The minimum Gasteiger partial charge on any atom is -0.480 e. The second-order valence-corrected chi connectivity index (χ2v) is 3.72. The van der Waals surface area contributed by atoms with Crippen LogP contribution in [0.3, 0.4) is 0 Å². The molecule has 84 valence electrons. The van der Waals surface area contributed by atoms with Crippen molar-refractivity contribution in [3.63, 3.8) is 0 Å². The molecule has 0 amide bonds. The van der Waals surface area contributed by atoms with Crippen LogP contribution in [0.25, 0.3) is 0 Å². The molecular formula is C11H19N3O. The van der Waals surface area contributed by atoms with Crippen molar-refractivity contribution in [1.29, 1.82) is 0 Å². The molecule has 1 aromatic rings. The first kappa shape index (κ1) is 11.9. The summed E-state index contributed by atoms with van der Waals surface area (Å²) in [7, 11) is 1.62. The Morgan fingerprint density at radius 1 is 1.33 bits per heavy atom. The number of rotatable bonds is 6. The number of methoxy groups -OCH3 is 1. The van der Waals surface area contributed by atoms with Gasteiger partial charge in [-0.15, -0.1) is 0 Å². The minimum absolute atomic E-state index is 0.536. The lowest BCUT2D eigenvalue weighted by molar-refractivity contribution is 0.388. The van der Waals surface area contributed by atoms with Crippen LogP contribution in [0, 0.1) is 0 Å². The maximum absolute atomic E-state index is 5.13. The first-order chi connectivity index (χ1) is 7.24. The zero-order valence-corrected chi connectivity index (χ0v) is 9.66. The number of ether oxygens (including phenoxy) is 1. The average molecular weight is 209 g/mol. The minimum atomic E-state index is 0.536. The summed E-state index contributed by atoms with van der Waals surface area (Å²) in [6.45, 7) is 5.28. The summed E-state index contributed by atoms with van der Waals surface area (Å²) in [4.78, 5) is 8.36. The maximum Gasteiger partial charge on any atom is 0.235 e. The van der Waals surface area contributed by atoms with Crippen LogP contribution in [-0.4, -0.2) is 29.7 Å². The predicted molar refractivity (Wildman–Crippen MR) is 60.0 cm³/mol. The van der Waals surface area contributed by atoms with E-state index in [9.17, 15) is 0 Å². The summed E-state index contributed by atoms with van der Waals surface area (Å²) < 4.78 is 5.13. The van der Waals surface area contributed by atoms with Gasteiger partial charge >= 0.3 is 0 Å². The Morgan fingerprint density at radius 3 is 2.73 bits per heavy atom. The Hall–Kier alpha value is -1.16. The van der Waals surface area contributed by atoms with E-state index in [-0.39, 0.29) is 0 Å². The van der Waals surface area contributed by atoms with Crippen molar-refractivity contribution in [3.8, 4) is 5.88 Å². The van der Waals surface area contributed by atoms with Gasteiger partial charge in [0.2, 0.25) is 5.88 Å². The van der Waals surface area contributed by atoms with Crippen molar-refractivity contribution >= 4 is 0 Å². The monoisotopic (exact) mass is 209 g/mol. The van der Waals surface area contributed by atoms with Gasteiger partial charge in [-0.05, 0) is 19.4 Å². The fourth-order valence-electron chi connectivity index (χ4n) is 1.34. The molecule has 0 aliphatic heterocycles. The van der Waals surface area contributed by atoms with Gasteiger partial charge in [-0.2, -0.15) is 0 Å². The van der Waals surface area contributed by atoms with Crippen LogP contribution in [0.4, 0.5) is 0 Å². The summed E-state index contributed by atoms with van der Waals surface area (Å²) >= 11 is 0. The van der Waals surface area contributed by atoms with Crippen LogP contribution in [0.15, 0.2) is 12.4 Å². The average Bonchev–Trinajstić information content (AvgIpc) is 2.24.